The monoisotopic (exact) mass is 361 g/mol. The highest BCUT2D eigenvalue weighted by Gasteiger charge is 2.29. The summed E-state index contributed by atoms with van der Waals surface area (Å²) < 4.78 is 1.84. The van der Waals surface area contributed by atoms with Crippen molar-refractivity contribution in [1.29, 1.82) is 0 Å². The summed E-state index contributed by atoms with van der Waals surface area (Å²) >= 11 is 7.51. The fourth-order valence-corrected chi connectivity index (χ4v) is 3.67. The van der Waals surface area contributed by atoms with Crippen LogP contribution in [0.4, 0.5) is 5.13 Å². The Balaban J connectivity index is 1.44. The minimum atomic E-state index is 0.498. The highest BCUT2D eigenvalue weighted by atomic mass is 35.5. The van der Waals surface area contributed by atoms with Gasteiger partial charge in [-0.2, -0.15) is 0 Å². The third kappa shape index (κ3) is 3.27. The van der Waals surface area contributed by atoms with Crippen LogP contribution in [0.5, 0.6) is 0 Å². The van der Waals surface area contributed by atoms with Crippen LogP contribution in [0.2, 0.25) is 5.02 Å². The molecule has 3 aromatic rings. The number of nitrogens with one attached hydrogen (secondary N) is 1. The number of rotatable bonds is 6. The molecule has 7 heteroatoms. The SMILES string of the molecule is CC(CNc1nn2cc(-c3ccc(Cl)cc3)nc2s1)N(C)C1CC1. The van der Waals surface area contributed by atoms with E-state index in [1.807, 2.05) is 35.0 Å². The molecule has 1 fully saturated rings. The Bertz CT molecular complexity index is 805. The summed E-state index contributed by atoms with van der Waals surface area (Å²) in [7, 11) is 2.21. The van der Waals surface area contributed by atoms with E-state index < -0.39 is 0 Å². The molecule has 0 amide bonds. The maximum atomic E-state index is 5.94. The van der Waals surface area contributed by atoms with Crippen molar-refractivity contribution in [2.45, 2.75) is 31.8 Å². The second-order valence-electron chi connectivity index (χ2n) is 6.39. The largest absolute Gasteiger partial charge is 0.359 e. The van der Waals surface area contributed by atoms with Gasteiger partial charge in [0.2, 0.25) is 10.1 Å². The Morgan fingerprint density at radius 2 is 2.12 bits per heavy atom. The van der Waals surface area contributed by atoms with E-state index in [1.54, 1.807) is 11.3 Å². The Kier molecular flexibility index (Phi) is 4.20. The van der Waals surface area contributed by atoms with E-state index in [9.17, 15) is 0 Å². The smallest absolute Gasteiger partial charge is 0.214 e. The maximum absolute atomic E-state index is 5.94. The number of hydrogen-bond acceptors (Lipinski definition) is 5. The average molecular weight is 362 g/mol. The van der Waals surface area contributed by atoms with Gasteiger partial charge in [-0.05, 0) is 38.9 Å². The summed E-state index contributed by atoms with van der Waals surface area (Å²) in [5, 5.41) is 9.67. The van der Waals surface area contributed by atoms with E-state index in [1.165, 1.54) is 12.8 Å². The molecule has 2 aromatic heterocycles. The molecule has 126 valence electrons. The molecule has 0 saturated heterocycles. The molecule has 1 aliphatic carbocycles. The van der Waals surface area contributed by atoms with E-state index in [2.05, 4.69) is 34.3 Å². The number of halogens is 1. The number of benzene rings is 1. The standard InChI is InChI=1S/C17H20ClN5S/c1-11(22(2)14-7-8-14)9-19-16-21-23-10-15(20-17(23)24-16)12-3-5-13(18)6-4-12/h3-6,10-11,14H,7-9H2,1-2H3,(H,19,21). The lowest BCUT2D eigenvalue weighted by molar-refractivity contribution is 0.257. The molecule has 4 rings (SSSR count). The van der Waals surface area contributed by atoms with Gasteiger partial charge in [-0.1, -0.05) is 35.1 Å². The molecular weight excluding hydrogens is 342 g/mol. The highest BCUT2D eigenvalue weighted by molar-refractivity contribution is 7.20. The van der Waals surface area contributed by atoms with Crippen molar-refractivity contribution in [1.82, 2.24) is 19.5 Å². The predicted molar refractivity (Wildman–Crippen MR) is 100 cm³/mol. The van der Waals surface area contributed by atoms with Gasteiger partial charge in [-0.25, -0.2) is 9.50 Å². The molecule has 1 aliphatic rings. The molecule has 1 saturated carbocycles. The molecule has 0 radical (unpaired) electrons. The quantitative estimate of drug-likeness (QED) is 0.720. The molecule has 0 aliphatic heterocycles. The summed E-state index contributed by atoms with van der Waals surface area (Å²) in [6, 6.07) is 8.98. The topological polar surface area (TPSA) is 45.5 Å². The third-order valence-electron chi connectivity index (χ3n) is 4.55. The van der Waals surface area contributed by atoms with Gasteiger partial charge in [-0.3, -0.25) is 4.90 Å². The molecule has 1 unspecified atom stereocenters. The summed E-state index contributed by atoms with van der Waals surface area (Å²) in [4.78, 5) is 8.00. The maximum Gasteiger partial charge on any atom is 0.214 e. The lowest BCUT2D eigenvalue weighted by atomic mass is 10.2. The fraction of sp³-hybridized carbons (Fsp3) is 0.412. The minimum absolute atomic E-state index is 0.498. The minimum Gasteiger partial charge on any atom is -0.359 e. The number of aromatic nitrogens is 3. The fourth-order valence-electron chi connectivity index (χ4n) is 2.75. The molecule has 0 bridgehead atoms. The van der Waals surface area contributed by atoms with Crippen molar-refractivity contribution in [2.24, 2.45) is 0 Å². The zero-order chi connectivity index (χ0) is 16.7. The molecule has 2 heterocycles. The van der Waals surface area contributed by atoms with Gasteiger partial charge in [0.15, 0.2) is 0 Å². The Morgan fingerprint density at radius 3 is 2.79 bits per heavy atom. The van der Waals surface area contributed by atoms with Crippen LogP contribution >= 0.6 is 22.9 Å². The number of hydrogen-bond donors (Lipinski definition) is 1. The lowest BCUT2D eigenvalue weighted by Gasteiger charge is -2.24. The van der Waals surface area contributed by atoms with E-state index in [0.717, 1.165) is 39.0 Å². The van der Waals surface area contributed by atoms with Crippen LogP contribution in [0, 0.1) is 0 Å². The predicted octanol–water partition coefficient (Wildman–Crippen LogP) is 4.01. The average Bonchev–Trinajstić information content (AvgIpc) is 3.24. The summed E-state index contributed by atoms with van der Waals surface area (Å²) in [5.41, 5.74) is 1.96. The first-order chi connectivity index (χ1) is 11.6. The summed E-state index contributed by atoms with van der Waals surface area (Å²) in [6.07, 6.45) is 4.62. The summed E-state index contributed by atoms with van der Waals surface area (Å²) in [5.74, 6) is 0. The van der Waals surface area contributed by atoms with Crippen molar-refractivity contribution in [3.05, 3.63) is 35.5 Å². The van der Waals surface area contributed by atoms with E-state index in [-0.39, 0.29) is 0 Å². The van der Waals surface area contributed by atoms with Crippen LogP contribution < -0.4 is 5.32 Å². The van der Waals surface area contributed by atoms with Crippen molar-refractivity contribution in [2.75, 3.05) is 18.9 Å². The molecule has 1 N–H and O–H groups in total. The summed E-state index contributed by atoms with van der Waals surface area (Å²) in [6.45, 7) is 3.15. The van der Waals surface area contributed by atoms with Crippen LogP contribution in [-0.2, 0) is 0 Å². The molecule has 1 atom stereocenters. The van der Waals surface area contributed by atoms with Crippen LogP contribution in [0.15, 0.2) is 30.5 Å². The van der Waals surface area contributed by atoms with Crippen LogP contribution in [0.25, 0.3) is 16.2 Å². The number of imidazole rings is 1. The van der Waals surface area contributed by atoms with E-state index in [0.29, 0.717) is 6.04 Å². The van der Waals surface area contributed by atoms with Gasteiger partial charge in [0.1, 0.15) is 0 Å². The Labute approximate surface area is 150 Å². The van der Waals surface area contributed by atoms with Gasteiger partial charge in [0.05, 0.1) is 11.9 Å². The number of fused-ring (bicyclic) bond motifs is 1. The second kappa shape index (κ2) is 6.35. The zero-order valence-corrected chi connectivity index (χ0v) is 15.3. The van der Waals surface area contributed by atoms with Gasteiger partial charge < -0.3 is 5.32 Å². The van der Waals surface area contributed by atoms with Crippen molar-refractivity contribution >= 4 is 33.0 Å². The van der Waals surface area contributed by atoms with Gasteiger partial charge in [0, 0.05) is 29.2 Å². The third-order valence-corrected chi connectivity index (χ3v) is 5.68. The Morgan fingerprint density at radius 1 is 1.38 bits per heavy atom. The van der Waals surface area contributed by atoms with Gasteiger partial charge >= 0.3 is 0 Å². The number of anilines is 1. The first kappa shape index (κ1) is 15.9. The molecular formula is C17H20ClN5S. The van der Waals surface area contributed by atoms with Crippen LogP contribution in [0.1, 0.15) is 19.8 Å². The number of likely N-dealkylation sites (N-methyl/N-ethyl adjacent to an activating group) is 1. The number of nitrogens with zero attached hydrogens (tertiary/aromatic N) is 4. The van der Waals surface area contributed by atoms with Crippen molar-refractivity contribution in [3.8, 4) is 11.3 Å². The van der Waals surface area contributed by atoms with Gasteiger partial charge in [0.25, 0.3) is 0 Å². The first-order valence-corrected chi connectivity index (χ1v) is 9.37. The molecule has 0 spiro atoms. The van der Waals surface area contributed by atoms with Crippen LogP contribution in [-0.4, -0.2) is 45.2 Å². The highest BCUT2D eigenvalue weighted by Crippen LogP contribution is 2.28. The zero-order valence-electron chi connectivity index (χ0n) is 13.7. The van der Waals surface area contributed by atoms with Crippen LogP contribution in [0.3, 0.4) is 0 Å². The first-order valence-electron chi connectivity index (χ1n) is 8.18. The van der Waals surface area contributed by atoms with E-state index >= 15 is 0 Å². The van der Waals surface area contributed by atoms with Crippen molar-refractivity contribution < 1.29 is 0 Å². The lowest BCUT2D eigenvalue weighted by Crippen LogP contribution is -2.36. The van der Waals surface area contributed by atoms with E-state index in [4.69, 9.17) is 11.6 Å². The van der Waals surface area contributed by atoms with Gasteiger partial charge in [-0.15, -0.1) is 5.10 Å². The molecule has 24 heavy (non-hydrogen) atoms. The Hall–Kier alpha value is -1.63. The molecule has 5 nitrogen and oxygen atoms in total. The molecule has 1 aromatic carbocycles. The second-order valence-corrected chi connectivity index (χ2v) is 7.79. The normalized spacial score (nSPS) is 16.0. The van der Waals surface area contributed by atoms with Crippen molar-refractivity contribution in [3.63, 3.8) is 0 Å².